The topological polar surface area (TPSA) is 41.6 Å². The Labute approximate surface area is 164 Å². The molecule has 4 nitrogen and oxygen atoms in total. The van der Waals surface area contributed by atoms with Crippen LogP contribution in [0.25, 0.3) is 0 Å². The quantitative estimate of drug-likeness (QED) is 0.770. The first kappa shape index (κ1) is 19.2. The van der Waals surface area contributed by atoms with Gasteiger partial charge < -0.3 is 10.1 Å². The SMILES string of the molecule is Cc1cc(OCC(=O)NCC2CCN(Cc3cccs3)CC2)ccc1Cl. The largest absolute Gasteiger partial charge is 0.484 e. The highest BCUT2D eigenvalue weighted by Crippen LogP contribution is 2.21. The van der Waals surface area contributed by atoms with Crippen LogP contribution < -0.4 is 10.1 Å². The van der Waals surface area contributed by atoms with Gasteiger partial charge in [-0.2, -0.15) is 0 Å². The van der Waals surface area contributed by atoms with E-state index in [9.17, 15) is 4.79 Å². The maximum absolute atomic E-state index is 12.0. The number of piperidine rings is 1. The number of halogens is 1. The number of hydrogen-bond donors (Lipinski definition) is 1. The van der Waals surface area contributed by atoms with Gasteiger partial charge in [0.25, 0.3) is 5.91 Å². The molecule has 6 heteroatoms. The van der Waals surface area contributed by atoms with E-state index in [1.54, 1.807) is 12.1 Å². The van der Waals surface area contributed by atoms with Gasteiger partial charge in [-0.05, 0) is 74.0 Å². The smallest absolute Gasteiger partial charge is 0.257 e. The molecule has 0 atom stereocenters. The second-order valence-electron chi connectivity index (χ2n) is 6.80. The lowest BCUT2D eigenvalue weighted by atomic mass is 9.97. The molecule has 1 aliphatic rings. The van der Waals surface area contributed by atoms with Crippen molar-refractivity contribution in [3.05, 3.63) is 51.2 Å². The predicted octanol–water partition coefficient (Wildman–Crippen LogP) is 4.12. The van der Waals surface area contributed by atoms with E-state index in [0.29, 0.717) is 16.7 Å². The minimum absolute atomic E-state index is 0.0400. The molecule has 0 spiro atoms. The lowest BCUT2D eigenvalue weighted by Gasteiger charge is -2.31. The summed E-state index contributed by atoms with van der Waals surface area (Å²) < 4.78 is 5.54. The summed E-state index contributed by atoms with van der Waals surface area (Å²) in [5.74, 6) is 1.15. The Morgan fingerprint density at radius 2 is 2.15 bits per heavy atom. The van der Waals surface area contributed by atoms with E-state index in [1.807, 2.05) is 24.3 Å². The fraction of sp³-hybridized carbons (Fsp3) is 0.450. The summed E-state index contributed by atoms with van der Waals surface area (Å²) in [7, 11) is 0. The Balaban J connectivity index is 1.33. The van der Waals surface area contributed by atoms with E-state index in [2.05, 4.69) is 27.7 Å². The van der Waals surface area contributed by atoms with Crippen LogP contribution in [0.5, 0.6) is 5.75 Å². The van der Waals surface area contributed by atoms with E-state index >= 15 is 0 Å². The average molecular weight is 393 g/mol. The molecule has 1 aromatic heterocycles. The third kappa shape index (κ3) is 5.73. The molecule has 1 fully saturated rings. The monoisotopic (exact) mass is 392 g/mol. The summed E-state index contributed by atoms with van der Waals surface area (Å²) in [4.78, 5) is 15.9. The molecule has 0 bridgehead atoms. The second kappa shape index (κ2) is 9.40. The van der Waals surface area contributed by atoms with Crippen molar-refractivity contribution in [3.63, 3.8) is 0 Å². The minimum Gasteiger partial charge on any atom is -0.484 e. The molecule has 1 amide bonds. The molecule has 1 aliphatic heterocycles. The predicted molar refractivity (Wildman–Crippen MR) is 107 cm³/mol. The number of benzene rings is 1. The van der Waals surface area contributed by atoms with Crippen molar-refractivity contribution in [3.8, 4) is 5.75 Å². The van der Waals surface area contributed by atoms with E-state index in [-0.39, 0.29) is 12.5 Å². The number of rotatable bonds is 7. The molecule has 140 valence electrons. The summed E-state index contributed by atoms with van der Waals surface area (Å²) in [6.07, 6.45) is 2.26. The summed E-state index contributed by atoms with van der Waals surface area (Å²) in [6, 6.07) is 9.72. The molecule has 1 aromatic carbocycles. The second-order valence-corrected chi connectivity index (χ2v) is 8.24. The molecule has 2 heterocycles. The van der Waals surface area contributed by atoms with Crippen LogP contribution in [0.1, 0.15) is 23.3 Å². The Morgan fingerprint density at radius 3 is 2.85 bits per heavy atom. The highest BCUT2D eigenvalue weighted by molar-refractivity contribution is 7.09. The lowest BCUT2D eigenvalue weighted by Crippen LogP contribution is -2.39. The molecule has 3 rings (SSSR count). The van der Waals surface area contributed by atoms with E-state index in [0.717, 1.165) is 44.6 Å². The molecule has 26 heavy (non-hydrogen) atoms. The van der Waals surface area contributed by atoms with Crippen LogP contribution in [-0.4, -0.2) is 37.0 Å². The normalized spacial score (nSPS) is 15.8. The lowest BCUT2D eigenvalue weighted by molar-refractivity contribution is -0.123. The first-order chi connectivity index (χ1) is 12.6. The molecular weight excluding hydrogens is 368 g/mol. The van der Waals surface area contributed by atoms with Crippen LogP contribution in [0.2, 0.25) is 5.02 Å². The third-order valence-electron chi connectivity index (χ3n) is 4.75. The van der Waals surface area contributed by atoms with Gasteiger partial charge in [-0.15, -0.1) is 11.3 Å². The van der Waals surface area contributed by atoms with Gasteiger partial charge in [0.2, 0.25) is 0 Å². The summed E-state index contributed by atoms with van der Waals surface area (Å²) in [6.45, 7) is 5.93. The van der Waals surface area contributed by atoms with Gasteiger partial charge in [-0.1, -0.05) is 17.7 Å². The van der Waals surface area contributed by atoms with Crippen LogP contribution >= 0.6 is 22.9 Å². The molecule has 0 radical (unpaired) electrons. The number of amides is 1. The van der Waals surface area contributed by atoms with Crippen molar-refractivity contribution in [2.45, 2.75) is 26.3 Å². The number of hydrogen-bond acceptors (Lipinski definition) is 4. The fourth-order valence-corrected chi connectivity index (χ4v) is 4.00. The van der Waals surface area contributed by atoms with Gasteiger partial charge in [0.1, 0.15) is 5.75 Å². The van der Waals surface area contributed by atoms with Crippen LogP contribution in [0.4, 0.5) is 0 Å². The zero-order chi connectivity index (χ0) is 18.4. The molecule has 0 unspecified atom stereocenters. The highest BCUT2D eigenvalue weighted by atomic mass is 35.5. The number of thiophene rings is 1. The summed E-state index contributed by atoms with van der Waals surface area (Å²) in [5.41, 5.74) is 0.943. The number of carbonyl (C=O) groups is 1. The van der Waals surface area contributed by atoms with Gasteiger partial charge in [0, 0.05) is 23.0 Å². The van der Waals surface area contributed by atoms with Crippen molar-refractivity contribution in [1.29, 1.82) is 0 Å². The number of likely N-dealkylation sites (tertiary alicyclic amines) is 1. The van der Waals surface area contributed by atoms with Crippen molar-refractivity contribution < 1.29 is 9.53 Å². The first-order valence-electron chi connectivity index (χ1n) is 9.00. The van der Waals surface area contributed by atoms with Crippen molar-refractivity contribution in [2.24, 2.45) is 5.92 Å². The standard InChI is InChI=1S/C20H25ClN2O2S/c1-15-11-17(4-5-19(15)21)25-14-20(24)22-12-16-6-8-23(9-7-16)13-18-3-2-10-26-18/h2-5,10-11,16H,6-9,12-14H2,1H3,(H,22,24). The number of aryl methyl sites for hydroxylation is 1. The summed E-state index contributed by atoms with van der Waals surface area (Å²) >= 11 is 7.81. The van der Waals surface area contributed by atoms with Gasteiger partial charge in [0.15, 0.2) is 6.61 Å². The number of nitrogens with zero attached hydrogens (tertiary/aromatic N) is 1. The zero-order valence-corrected chi connectivity index (χ0v) is 16.6. The zero-order valence-electron chi connectivity index (χ0n) is 15.0. The number of ether oxygens (including phenoxy) is 1. The van der Waals surface area contributed by atoms with E-state index in [1.165, 1.54) is 4.88 Å². The highest BCUT2D eigenvalue weighted by Gasteiger charge is 2.20. The van der Waals surface area contributed by atoms with Gasteiger partial charge >= 0.3 is 0 Å². The average Bonchev–Trinajstić information content (AvgIpc) is 3.15. The Hall–Kier alpha value is -1.56. The van der Waals surface area contributed by atoms with Crippen LogP contribution in [0, 0.1) is 12.8 Å². The van der Waals surface area contributed by atoms with Gasteiger partial charge in [-0.25, -0.2) is 0 Å². The van der Waals surface area contributed by atoms with Crippen LogP contribution in [0.3, 0.4) is 0 Å². The Morgan fingerprint density at radius 1 is 1.35 bits per heavy atom. The van der Waals surface area contributed by atoms with Crippen molar-refractivity contribution >= 4 is 28.8 Å². The maximum Gasteiger partial charge on any atom is 0.257 e. The molecule has 1 N–H and O–H groups in total. The van der Waals surface area contributed by atoms with E-state index < -0.39 is 0 Å². The Kier molecular flexibility index (Phi) is 6.94. The van der Waals surface area contributed by atoms with Gasteiger partial charge in [-0.3, -0.25) is 9.69 Å². The van der Waals surface area contributed by atoms with Crippen molar-refractivity contribution in [2.75, 3.05) is 26.2 Å². The van der Waals surface area contributed by atoms with E-state index in [4.69, 9.17) is 16.3 Å². The molecule has 0 aliphatic carbocycles. The van der Waals surface area contributed by atoms with Crippen LogP contribution in [-0.2, 0) is 11.3 Å². The van der Waals surface area contributed by atoms with Gasteiger partial charge in [0.05, 0.1) is 0 Å². The Bertz CT molecular complexity index is 713. The maximum atomic E-state index is 12.0. The number of nitrogens with one attached hydrogen (secondary N) is 1. The fourth-order valence-electron chi connectivity index (χ4n) is 3.14. The third-order valence-corrected chi connectivity index (χ3v) is 6.04. The molecule has 0 saturated carbocycles. The first-order valence-corrected chi connectivity index (χ1v) is 10.3. The number of carbonyl (C=O) groups excluding carboxylic acids is 1. The minimum atomic E-state index is -0.0707. The molecule has 2 aromatic rings. The van der Waals surface area contributed by atoms with Crippen molar-refractivity contribution in [1.82, 2.24) is 10.2 Å². The van der Waals surface area contributed by atoms with Crippen LogP contribution in [0.15, 0.2) is 35.7 Å². The molecular formula is C20H25ClN2O2S. The summed E-state index contributed by atoms with van der Waals surface area (Å²) in [5, 5.41) is 5.83. The molecule has 1 saturated heterocycles.